The zero-order valence-electron chi connectivity index (χ0n) is 9.96. The summed E-state index contributed by atoms with van der Waals surface area (Å²) in [5.41, 5.74) is -0.193. The Balaban J connectivity index is 1.75. The summed E-state index contributed by atoms with van der Waals surface area (Å²) < 4.78 is 26.6. The van der Waals surface area contributed by atoms with Crippen LogP contribution in [0, 0.1) is 23.5 Å². The lowest BCUT2D eigenvalue weighted by atomic mass is 10.1. The van der Waals surface area contributed by atoms with E-state index in [1.807, 2.05) is 0 Å². The fourth-order valence-corrected chi connectivity index (χ4v) is 2.44. The number of hydrogen-bond donors (Lipinski definition) is 1. The normalized spacial score (nSPS) is 19.1. The van der Waals surface area contributed by atoms with Gasteiger partial charge in [0.25, 0.3) is 5.91 Å². The first kappa shape index (κ1) is 11.6. The van der Waals surface area contributed by atoms with Crippen molar-refractivity contribution in [2.45, 2.75) is 31.7 Å². The molecule has 0 heterocycles. The van der Waals surface area contributed by atoms with E-state index in [2.05, 4.69) is 5.32 Å². The SMILES string of the molecule is O=C(NC(C1CC1)C1CC1)c1cccc(F)c1F. The van der Waals surface area contributed by atoms with Crippen LogP contribution in [0.4, 0.5) is 8.78 Å². The van der Waals surface area contributed by atoms with E-state index >= 15 is 0 Å². The van der Waals surface area contributed by atoms with Gasteiger partial charge in [0.1, 0.15) is 0 Å². The number of carbonyl (C=O) groups excluding carboxylic acids is 1. The molecule has 1 aromatic rings. The minimum absolute atomic E-state index is 0.153. The third kappa shape index (κ3) is 2.24. The molecule has 1 N–H and O–H groups in total. The molecule has 0 unspecified atom stereocenters. The van der Waals surface area contributed by atoms with Gasteiger partial charge in [0.15, 0.2) is 11.6 Å². The van der Waals surface area contributed by atoms with Gasteiger partial charge in [0.2, 0.25) is 0 Å². The van der Waals surface area contributed by atoms with Crippen LogP contribution in [0.25, 0.3) is 0 Å². The quantitative estimate of drug-likeness (QED) is 0.876. The zero-order chi connectivity index (χ0) is 12.7. The van der Waals surface area contributed by atoms with Gasteiger partial charge in [-0.25, -0.2) is 8.78 Å². The van der Waals surface area contributed by atoms with Gasteiger partial charge in [-0.2, -0.15) is 0 Å². The summed E-state index contributed by atoms with van der Waals surface area (Å²) in [6.07, 6.45) is 4.53. The number of amides is 1. The molecule has 18 heavy (non-hydrogen) atoms. The lowest BCUT2D eigenvalue weighted by Crippen LogP contribution is -2.38. The Morgan fingerprint density at radius 2 is 1.78 bits per heavy atom. The minimum atomic E-state index is -1.06. The van der Waals surface area contributed by atoms with Crippen LogP contribution in [-0.4, -0.2) is 11.9 Å². The molecule has 4 heteroatoms. The largest absolute Gasteiger partial charge is 0.349 e. The molecule has 2 nitrogen and oxygen atoms in total. The average molecular weight is 251 g/mol. The Morgan fingerprint density at radius 3 is 2.33 bits per heavy atom. The van der Waals surface area contributed by atoms with Crippen LogP contribution < -0.4 is 5.32 Å². The van der Waals surface area contributed by atoms with Gasteiger partial charge in [-0.3, -0.25) is 4.79 Å². The highest BCUT2D eigenvalue weighted by Crippen LogP contribution is 2.44. The Labute approximate surface area is 104 Å². The third-order valence-corrected chi connectivity index (χ3v) is 3.75. The van der Waals surface area contributed by atoms with E-state index in [1.165, 1.54) is 12.1 Å². The lowest BCUT2D eigenvalue weighted by molar-refractivity contribution is 0.0921. The van der Waals surface area contributed by atoms with Crippen LogP contribution in [0.15, 0.2) is 18.2 Å². The minimum Gasteiger partial charge on any atom is -0.349 e. The summed E-state index contributed by atoms with van der Waals surface area (Å²) in [5.74, 6) is -1.44. The first-order chi connectivity index (χ1) is 8.66. The molecule has 2 fully saturated rings. The average Bonchev–Trinajstić information content (AvgIpc) is 3.22. The standard InChI is InChI=1S/C14H15F2NO/c15-11-3-1-2-10(12(11)16)14(18)17-13(8-4-5-8)9-6-7-9/h1-3,8-9,13H,4-7H2,(H,17,18). The van der Waals surface area contributed by atoms with Crippen LogP contribution in [-0.2, 0) is 0 Å². The van der Waals surface area contributed by atoms with E-state index in [1.54, 1.807) is 0 Å². The molecule has 0 saturated heterocycles. The maximum absolute atomic E-state index is 13.5. The molecular formula is C14H15F2NO. The van der Waals surface area contributed by atoms with Crippen LogP contribution in [0.3, 0.4) is 0 Å². The molecular weight excluding hydrogens is 236 g/mol. The number of carbonyl (C=O) groups is 1. The van der Waals surface area contributed by atoms with Gasteiger partial charge in [0, 0.05) is 6.04 Å². The van der Waals surface area contributed by atoms with Crippen molar-refractivity contribution in [2.75, 3.05) is 0 Å². The molecule has 2 aliphatic carbocycles. The molecule has 0 bridgehead atoms. The van der Waals surface area contributed by atoms with Crippen LogP contribution >= 0.6 is 0 Å². The van der Waals surface area contributed by atoms with Gasteiger partial charge in [-0.15, -0.1) is 0 Å². The van der Waals surface area contributed by atoms with Crippen molar-refractivity contribution in [3.05, 3.63) is 35.4 Å². The highest BCUT2D eigenvalue weighted by molar-refractivity contribution is 5.94. The fourth-order valence-electron chi connectivity index (χ4n) is 2.44. The van der Waals surface area contributed by atoms with Crippen LogP contribution in [0.2, 0.25) is 0 Å². The number of nitrogens with one attached hydrogen (secondary N) is 1. The van der Waals surface area contributed by atoms with E-state index in [0.29, 0.717) is 11.8 Å². The number of benzene rings is 1. The molecule has 1 amide bonds. The molecule has 0 spiro atoms. The first-order valence-electron chi connectivity index (χ1n) is 6.41. The first-order valence-corrected chi connectivity index (χ1v) is 6.41. The number of halogens is 2. The maximum atomic E-state index is 13.5. The molecule has 2 aliphatic rings. The second-order valence-corrected chi connectivity index (χ2v) is 5.28. The van der Waals surface area contributed by atoms with Gasteiger partial charge >= 0.3 is 0 Å². The second-order valence-electron chi connectivity index (χ2n) is 5.28. The van der Waals surface area contributed by atoms with Crippen molar-refractivity contribution in [3.63, 3.8) is 0 Å². The summed E-state index contributed by atoms with van der Waals surface area (Å²) in [5, 5.41) is 2.88. The van der Waals surface area contributed by atoms with Crippen molar-refractivity contribution in [1.82, 2.24) is 5.32 Å². The molecule has 2 saturated carbocycles. The fraction of sp³-hybridized carbons (Fsp3) is 0.500. The summed E-state index contributed by atoms with van der Waals surface area (Å²) in [7, 11) is 0. The molecule has 96 valence electrons. The van der Waals surface area contributed by atoms with E-state index in [9.17, 15) is 13.6 Å². The van der Waals surface area contributed by atoms with Crippen molar-refractivity contribution in [1.29, 1.82) is 0 Å². The Kier molecular flexibility index (Phi) is 2.80. The van der Waals surface area contributed by atoms with Crippen molar-refractivity contribution in [3.8, 4) is 0 Å². The molecule has 0 aromatic heterocycles. The summed E-state index contributed by atoms with van der Waals surface area (Å²) in [6, 6.07) is 3.85. The molecule has 1 aromatic carbocycles. The monoisotopic (exact) mass is 251 g/mol. The maximum Gasteiger partial charge on any atom is 0.254 e. The van der Waals surface area contributed by atoms with E-state index in [0.717, 1.165) is 31.7 Å². The number of hydrogen-bond acceptors (Lipinski definition) is 1. The van der Waals surface area contributed by atoms with Gasteiger partial charge in [-0.1, -0.05) is 6.07 Å². The Hall–Kier alpha value is -1.45. The third-order valence-electron chi connectivity index (χ3n) is 3.75. The van der Waals surface area contributed by atoms with Gasteiger partial charge in [-0.05, 0) is 49.7 Å². The van der Waals surface area contributed by atoms with Crippen molar-refractivity contribution in [2.24, 2.45) is 11.8 Å². The molecule has 3 rings (SSSR count). The van der Waals surface area contributed by atoms with Gasteiger partial charge < -0.3 is 5.32 Å². The van der Waals surface area contributed by atoms with E-state index < -0.39 is 17.5 Å². The smallest absolute Gasteiger partial charge is 0.254 e. The summed E-state index contributed by atoms with van der Waals surface area (Å²) in [6.45, 7) is 0. The van der Waals surface area contributed by atoms with Crippen molar-refractivity contribution >= 4 is 5.91 Å². The summed E-state index contributed by atoms with van der Waals surface area (Å²) >= 11 is 0. The van der Waals surface area contributed by atoms with Gasteiger partial charge in [0.05, 0.1) is 5.56 Å². The topological polar surface area (TPSA) is 29.1 Å². The van der Waals surface area contributed by atoms with E-state index in [4.69, 9.17) is 0 Å². The van der Waals surface area contributed by atoms with Crippen molar-refractivity contribution < 1.29 is 13.6 Å². The molecule has 0 atom stereocenters. The Bertz CT molecular complexity index is 469. The molecule has 0 radical (unpaired) electrons. The van der Waals surface area contributed by atoms with E-state index in [-0.39, 0.29) is 11.6 Å². The second kappa shape index (κ2) is 4.34. The number of rotatable bonds is 4. The van der Waals surface area contributed by atoms with Crippen LogP contribution in [0.1, 0.15) is 36.0 Å². The predicted molar refractivity (Wildman–Crippen MR) is 63.1 cm³/mol. The lowest BCUT2D eigenvalue weighted by Gasteiger charge is -2.17. The zero-order valence-corrected chi connectivity index (χ0v) is 9.96. The molecule has 0 aliphatic heterocycles. The van der Waals surface area contributed by atoms with Crippen LogP contribution in [0.5, 0.6) is 0 Å². The highest BCUT2D eigenvalue weighted by Gasteiger charge is 2.42. The highest BCUT2D eigenvalue weighted by atomic mass is 19.2. The predicted octanol–water partition coefficient (Wildman–Crippen LogP) is 2.88. The summed E-state index contributed by atoms with van der Waals surface area (Å²) in [4.78, 5) is 12.0. The Morgan fingerprint density at radius 1 is 1.17 bits per heavy atom.